The number of carbonyl (C=O) groups excluding carboxylic acids is 1. The monoisotopic (exact) mass is 359 g/mol. The maximum atomic E-state index is 11.9. The summed E-state index contributed by atoms with van der Waals surface area (Å²) in [7, 11) is 1.40. The van der Waals surface area contributed by atoms with E-state index in [-0.39, 0.29) is 18.9 Å². The average Bonchev–Trinajstić information content (AvgIpc) is 2.45. The molecule has 1 rings (SSSR count). The fourth-order valence-electron chi connectivity index (χ4n) is 1.56. The molecule has 1 aromatic carbocycles. The standard InChI is InChI=1S/C14H18BrNO5/c1-9(21-11-5-3-10(15)4-6-11)14(19)16-8-12(20-2)7-13(17)18/h3-6,9,12H,7-8H2,1-2H3,(H,16,19)(H,17,18). The second-order valence-corrected chi connectivity index (χ2v) is 5.33. The summed E-state index contributed by atoms with van der Waals surface area (Å²) in [5, 5.41) is 11.3. The van der Waals surface area contributed by atoms with Gasteiger partial charge in [-0.05, 0) is 31.2 Å². The zero-order valence-electron chi connectivity index (χ0n) is 11.8. The Morgan fingerprint density at radius 2 is 1.95 bits per heavy atom. The number of hydrogen-bond donors (Lipinski definition) is 2. The van der Waals surface area contributed by atoms with Gasteiger partial charge in [0.25, 0.3) is 5.91 Å². The van der Waals surface area contributed by atoms with E-state index in [1.54, 1.807) is 19.1 Å². The van der Waals surface area contributed by atoms with E-state index in [4.69, 9.17) is 14.6 Å². The van der Waals surface area contributed by atoms with Crippen LogP contribution in [-0.2, 0) is 14.3 Å². The van der Waals surface area contributed by atoms with Crippen LogP contribution in [0.5, 0.6) is 5.75 Å². The van der Waals surface area contributed by atoms with Crippen molar-refractivity contribution in [2.24, 2.45) is 0 Å². The fraction of sp³-hybridized carbons (Fsp3) is 0.429. The molecule has 0 heterocycles. The van der Waals surface area contributed by atoms with Crippen molar-refractivity contribution in [3.63, 3.8) is 0 Å². The second-order valence-electron chi connectivity index (χ2n) is 4.41. The Balaban J connectivity index is 2.43. The van der Waals surface area contributed by atoms with Crippen molar-refractivity contribution < 1.29 is 24.2 Å². The lowest BCUT2D eigenvalue weighted by Gasteiger charge is -2.17. The molecular weight excluding hydrogens is 342 g/mol. The molecule has 0 fully saturated rings. The number of benzene rings is 1. The molecule has 7 heteroatoms. The minimum Gasteiger partial charge on any atom is -0.481 e. The van der Waals surface area contributed by atoms with Gasteiger partial charge < -0.3 is 19.9 Å². The molecule has 2 unspecified atom stereocenters. The van der Waals surface area contributed by atoms with Crippen molar-refractivity contribution in [1.29, 1.82) is 0 Å². The Bertz CT molecular complexity index is 477. The first-order valence-corrected chi connectivity index (χ1v) is 7.16. The summed E-state index contributed by atoms with van der Waals surface area (Å²) in [6.07, 6.45) is -1.42. The van der Waals surface area contributed by atoms with Crippen molar-refractivity contribution in [2.75, 3.05) is 13.7 Å². The minimum atomic E-state index is -0.977. The lowest BCUT2D eigenvalue weighted by molar-refractivity contribution is -0.140. The third-order valence-electron chi connectivity index (χ3n) is 2.74. The molecular formula is C14H18BrNO5. The van der Waals surface area contributed by atoms with Gasteiger partial charge in [0.05, 0.1) is 12.5 Å². The molecule has 0 aliphatic rings. The lowest BCUT2D eigenvalue weighted by atomic mass is 10.2. The van der Waals surface area contributed by atoms with E-state index in [9.17, 15) is 9.59 Å². The van der Waals surface area contributed by atoms with Crippen molar-refractivity contribution in [3.05, 3.63) is 28.7 Å². The van der Waals surface area contributed by atoms with Crippen molar-refractivity contribution in [3.8, 4) is 5.75 Å². The van der Waals surface area contributed by atoms with Gasteiger partial charge in [-0.2, -0.15) is 0 Å². The quantitative estimate of drug-likeness (QED) is 0.739. The van der Waals surface area contributed by atoms with Crippen LogP contribution in [0.3, 0.4) is 0 Å². The van der Waals surface area contributed by atoms with Gasteiger partial charge in [0.15, 0.2) is 6.10 Å². The van der Waals surface area contributed by atoms with Crippen LogP contribution in [0.2, 0.25) is 0 Å². The van der Waals surface area contributed by atoms with Crippen LogP contribution in [-0.4, -0.2) is 42.8 Å². The first-order chi connectivity index (χ1) is 9.92. The maximum absolute atomic E-state index is 11.9. The Labute approximate surface area is 131 Å². The van der Waals surface area contributed by atoms with Gasteiger partial charge in [0.2, 0.25) is 0 Å². The first-order valence-electron chi connectivity index (χ1n) is 6.37. The summed E-state index contributed by atoms with van der Waals surface area (Å²) in [5.74, 6) is -0.727. The van der Waals surface area contributed by atoms with Crippen LogP contribution in [0.25, 0.3) is 0 Å². The summed E-state index contributed by atoms with van der Waals surface area (Å²) in [4.78, 5) is 22.5. The van der Waals surface area contributed by atoms with E-state index in [1.807, 2.05) is 12.1 Å². The minimum absolute atomic E-state index is 0.121. The van der Waals surface area contributed by atoms with Gasteiger partial charge in [-0.1, -0.05) is 15.9 Å². The van der Waals surface area contributed by atoms with Crippen LogP contribution in [0, 0.1) is 0 Å². The van der Waals surface area contributed by atoms with Gasteiger partial charge in [0.1, 0.15) is 5.75 Å². The number of hydrogen-bond acceptors (Lipinski definition) is 4. The summed E-state index contributed by atoms with van der Waals surface area (Å²) in [5.41, 5.74) is 0. The number of nitrogens with one attached hydrogen (secondary N) is 1. The first kappa shape index (κ1) is 17.5. The molecule has 0 spiro atoms. The Morgan fingerprint density at radius 3 is 2.48 bits per heavy atom. The molecule has 6 nitrogen and oxygen atoms in total. The van der Waals surface area contributed by atoms with Crippen LogP contribution in [0.1, 0.15) is 13.3 Å². The van der Waals surface area contributed by atoms with Crippen LogP contribution in [0.4, 0.5) is 0 Å². The molecule has 0 bridgehead atoms. The smallest absolute Gasteiger partial charge is 0.306 e. The summed E-state index contributed by atoms with van der Waals surface area (Å²) >= 11 is 3.31. The SMILES string of the molecule is COC(CNC(=O)C(C)Oc1ccc(Br)cc1)CC(=O)O. The fourth-order valence-corrected chi connectivity index (χ4v) is 1.83. The van der Waals surface area contributed by atoms with E-state index in [0.29, 0.717) is 5.75 Å². The summed E-state index contributed by atoms with van der Waals surface area (Å²) < 4.78 is 11.4. The predicted molar refractivity (Wildman–Crippen MR) is 80.3 cm³/mol. The number of carbonyl (C=O) groups is 2. The Morgan fingerprint density at radius 1 is 1.33 bits per heavy atom. The average molecular weight is 360 g/mol. The molecule has 2 N–H and O–H groups in total. The van der Waals surface area contributed by atoms with Crippen molar-refractivity contribution in [2.45, 2.75) is 25.6 Å². The largest absolute Gasteiger partial charge is 0.481 e. The van der Waals surface area contributed by atoms with E-state index >= 15 is 0 Å². The summed E-state index contributed by atoms with van der Waals surface area (Å²) in [6.45, 7) is 1.74. The van der Waals surface area contributed by atoms with E-state index in [1.165, 1.54) is 7.11 Å². The van der Waals surface area contributed by atoms with Gasteiger partial charge in [-0.15, -0.1) is 0 Å². The molecule has 0 aromatic heterocycles. The second kappa shape index (κ2) is 8.63. The van der Waals surface area contributed by atoms with Crippen LogP contribution >= 0.6 is 15.9 Å². The van der Waals surface area contributed by atoms with E-state index in [0.717, 1.165) is 4.47 Å². The third kappa shape index (κ3) is 6.59. The zero-order chi connectivity index (χ0) is 15.8. The zero-order valence-corrected chi connectivity index (χ0v) is 13.4. The Hall–Kier alpha value is -1.60. The number of carboxylic acids is 1. The van der Waals surface area contributed by atoms with Gasteiger partial charge in [-0.3, -0.25) is 9.59 Å². The molecule has 116 valence electrons. The van der Waals surface area contributed by atoms with E-state index in [2.05, 4.69) is 21.2 Å². The number of halogens is 1. The van der Waals surface area contributed by atoms with E-state index < -0.39 is 18.2 Å². The normalized spacial score (nSPS) is 13.3. The van der Waals surface area contributed by atoms with Crippen molar-refractivity contribution >= 4 is 27.8 Å². The number of rotatable bonds is 8. The molecule has 0 saturated carbocycles. The molecule has 0 radical (unpaired) electrons. The number of ether oxygens (including phenoxy) is 2. The predicted octanol–water partition coefficient (Wildman–Crippen LogP) is 1.82. The molecule has 0 saturated heterocycles. The molecule has 21 heavy (non-hydrogen) atoms. The van der Waals surface area contributed by atoms with Gasteiger partial charge >= 0.3 is 5.97 Å². The van der Waals surface area contributed by atoms with Crippen LogP contribution < -0.4 is 10.1 Å². The third-order valence-corrected chi connectivity index (χ3v) is 3.26. The summed E-state index contributed by atoms with van der Waals surface area (Å²) in [6, 6.07) is 7.12. The lowest BCUT2D eigenvalue weighted by Crippen LogP contribution is -2.41. The highest BCUT2D eigenvalue weighted by Gasteiger charge is 2.18. The highest BCUT2D eigenvalue weighted by Crippen LogP contribution is 2.17. The molecule has 0 aliphatic heterocycles. The van der Waals surface area contributed by atoms with Crippen molar-refractivity contribution in [1.82, 2.24) is 5.32 Å². The molecule has 2 atom stereocenters. The van der Waals surface area contributed by atoms with Gasteiger partial charge in [0, 0.05) is 18.1 Å². The topological polar surface area (TPSA) is 84.9 Å². The maximum Gasteiger partial charge on any atom is 0.306 e. The molecule has 0 aliphatic carbocycles. The molecule has 1 aromatic rings. The Kier molecular flexibility index (Phi) is 7.18. The number of aliphatic carboxylic acids is 1. The number of carboxylic acid groups (broad SMARTS) is 1. The number of methoxy groups -OCH3 is 1. The highest BCUT2D eigenvalue weighted by atomic mass is 79.9. The highest BCUT2D eigenvalue weighted by molar-refractivity contribution is 9.10. The van der Waals surface area contributed by atoms with Gasteiger partial charge in [-0.25, -0.2) is 0 Å². The number of amides is 1. The molecule has 1 amide bonds. The van der Waals surface area contributed by atoms with Crippen LogP contribution in [0.15, 0.2) is 28.7 Å².